The lowest BCUT2D eigenvalue weighted by Crippen LogP contribution is -2.63. The summed E-state index contributed by atoms with van der Waals surface area (Å²) in [5, 5.41) is 13.4. The number of ether oxygens (including phenoxy) is 3. The van der Waals surface area contributed by atoms with Gasteiger partial charge in [-0.3, -0.25) is 62.4 Å². The monoisotopic (exact) mass is 1530 g/mol. The first-order chi connectivity index (χ1) is 49.5. The number of ketones is 3. The van der Waals surface area contributed by atoms with Crippen LogP contribution in [0.1, 0.15) is 230 Å². The minimum Gasteiger partial charge on any atom is -0.462 e. The molecule has 0 saturated carbocycles. The SMILES string of the molecule is C/C=C/C[C@@H](C)[C@@H](OC(C)=O)[C@@H](C(=O)N[C@@H](CC)C(=O)OCCN(C)C(C)=O)N(C)C(=O)[C@H](C(C)C)N(C)C(=O)[C@H](CC(C)C)N(C)C(=O)[C@H](CC(C)C)N(C)C(=O)[C@@H](C)CC(=O)[C@H](C)CC(=O)[C@H](CC(C)C)N(C)C(=O)[C@@H](CC(=O)[C@H]([C@H](C)CCC(C)(C)O)N(C)C(=O)[C@@H](C)N(C)C(=O)OC(C)(C)C)C(C)C. The normalized spacial score (nSPS) is 15.9. The molecule has 0 unspecified atom stereocenters. The van der Waals surface area contributed by atoms with Gasteiger partial charge in [-0.05, 0) is 135 Å². The molecular weight excluding hydrogens is 1390 g/mol. The van der Waals surface area contributed by atoms with Crippen LogP contribution >= 0.6 is 0 Å². The number of hydrogen-bond donors (Lipinski definition) is 2. The van der Waals surface area contributed by atoms with E-state index in [0.717, 1.165) is 9.80 Å². The van der Waals surface area contributed by atoms with E-state index >= 15 is 14.4 Å². The van der Waals surface area contributed by atoms with Gasteiger partial charge in [-0.25, -0.2) is 9.59 Å². The number of nitrogens with zero attached hydrogens (tertiary/aromatic N) is 8. The van der Waals surface area contributed by atoms with Crippen molar-refractivity contribution in [3.05, 3.63) is 12.2 Å². The summed E-state index contributed by atoms with van der Waals surface area (Å²) in [5.74, 6) is -12.9. The number of aliphatic hydroxyl groups is 1. The Labute approximate surface area is 647 Å². The number of carbonyl (C=O) groups is 14. The Morgan fingerprint density at radius 2 is 0.963 bits per heavy atom. The topological polar surface area (TPSA) is 325 Å². The number of esters is 2. The zero-order valence-electron chi connectivity index (χ0n) is 72.1. The zero-order chi connectivity index (χ0) is 84.4. The van der Waals surface area contributed by atoms with Crippen molar-refractivity contribution in [2.45, 2.75) is 296 Å². The zero-order valence-corrected chi connectivity index (χ0v) is 72.1. The van der Waals surface area contributed by atoms with Crippen molar-refractivity contribution >= 4 is 82.6 Å². The first-order valence-electron chi connectivity index (χ1n) is 38.8. The fourth-order valence-corrected chi connectivity index (χ4v) is 13.3. The van der Waals surface area contributed by atoms with Crippen molar-refractivity contribution in [1.82, 2.24) is 44.5 Å². The minimum atomic E-state index is -1.57. The maximum absolute atomic E-state index is 15.3. The van der Waals surface area contributed by atoms with Crippen molar-refractivity contribution < 1.29 is 86.4 Å². The van der Waals surface area contributed by atoms with Crippen LogP contribution in [0.2, 0.25) is 0 Å². The second kappa shape index (κ2) is 45.7. The lowest BCUT2D eigenvalue weighted by Gasteiger charge is -2.42. The second-order valence-electron chi connectivity index (χ2n) is 33.9. The average molecular weight is 1530 g/mol. The number of Topliss-reactive ketones (excluding diaryl/α,β-unsaturated/α-hetero) is 3. The van der Waals surface area contributed by atoms with Crippen LogP contribution in [-0.4, -0.2) is 262 Å². The molecule has 0 aromatic heterocycles. The molecule has 0 spiro atoms. The van der Waals surface area contributed by atoms with Gasteiger partial charge in [0.2, 0.25) is 47.3 Å². The molecule has 0 bridgehead atoms. The summed E-state index contributed by atoms with van der Waals surface area (Å²) in [6.07, 6.45) is 2.13. The molecule has 0 saturated heterocycles. The molecule has 14 atom stereocenters. The van der Waals surface area contributed by atoms with Crippen molar-refractivity contribution in [2.75, 3.05) is 69.5 Å². The van der Waals surface area contributed by atoms with Crippen LogP contribution in [0.3, 0.4) is 0 Å². The summed E-state index contributed by atoms with van der Waals surface area (Å²) in [4.78, 5) is 210. The third kappa shape index (κ3) is 31.9. The van der Waals surface area contributed by atoms with Crippen LogP contribution in [0.5, 0.6) is 0 Å². The van der Waals surface area contributed by atoms with Crippen LogP contribution < -0.4 is 5.32 Å². The van der Waals surface area contributed by atoms with Gasteiger partial charge in [0.1, 0.15) is 60.3 Å². The summed E-state index contributed by atoms with van der Waals surface area (Å²) in [7, 11) is 11.7. The maximum Gasteiger partial charge on any atom is 0.410 e. The van der Waals surface area contributed by atoms with Crippen molar-refractivity contribution in [2.24, 2.45) is 59.2 Å². The number of nitrogens with one attached hydrogen (secondary N) is 1. The molecule has 620 valence electrons. The van der Waals surface area contributed by atoms with E-state index in [1.165, 1.54) is 99.5 Å². The third-order valence-corrected chi connectivity index (χ3v) is 20.3. The quantitative estimate of drug-likeness (QED) is 0.0326. The number of hydrogen-bond acceptors (Lipinski definition) is 18. The molecule has 0 rings (SSSR count). The van der Waals surface area contributed by atoms with Crippen LogP contribution in [0, 0.1) is 59.2 Å². The first-order valence-corrected chi connectivity index (χ1v) is 38.8. The molecule has 108 heavy (non-hydrogen) atoms. The molecule has 27 nitrogen and oxygen atoms in total. The van der Waals surface area contributed by atoms with Gasteiger partial charge in [0, 0.05) is 107 Å². The fraction of sp³-hybridized carbons (Fsp3) is 0.802. The number of amides is 9. The van der Waals surface area contributed by atoms with Gasteiger partial charge in [-0.15, -0.1) is 0 Å². The molecule has 2 N–H and O–H groups in total. The Kier molecular flexibility index (Phi) is 42.6. The maximum atomic E-state index is 15.3. The molecule has 0 fully saturated rings. The lowest BCUT2D eigenvalue weighted by molar-refractivity contribution is -0.164. The molecule has 0 heterocycles. The van der Waals surface area contributed by atoms with Crippen molar-refractivity contribution in [1.29, 1.82) is 0 Å². The number of likely N-dealkylation sites (N-methyl/N-ethyl adjacent to an activating group) is 8. The van der Waals surface area contributed by atoms with Gasteiger partial charge in [-0.2, -0.15) is 0 Å². The molecule has 0 aromatic carbocycles. The molecule has 9 amide bonds. The highest BCUT2D eigenvalue weighted by atomic mass is 16.6. The van der Waals surface area contributed by atoms with E-state index in [2.05, 4.69) is 5.32 Å². The van der Waals surface area contributed by atoms with Gasteiger partial charge < -0.3 is 58.9 Å². The highest BCUT2D eigenvalue weighted by Crippen LogP contribution is 2.31. The standard InChI is InChI=1S/C81H143N9O18/c1-33-35-36-53(14)70(107-58(19)92)69(71(96)82-60(34-2)78(103)106-40-39-83(25)57(18)91)90(32)77(102)67(51(11)12)88(30)76(101)63(43-49(7)8)87(29)75(100)62(42-48(5)6)86(28)72(97)55(16)45-64(93)54(15)44-65(94)61(41-47(3)4)85(27)74(99)59(50(9)10)46-66(95)68(52(13)37-38-81(23,24)105)89(31)73(98)56(17)84(26)79(104)108-80(20,21)22/h33,35,47-56,59-63,67-70,105H,34,36-46H2,1-32H3,(H,82,96)/b35-33+/t52-,53-,54-,55+,56-,59+,60+,61+,62+,63+,67+,68+,69+,70-/m1/s1. The summed E-state index contributed by atoms with van der Waals surface area (Å²) in [6, 6.07) is -9.59. The Hall–Kier alpha value is -7.32. The molecule has 27 heteroatoms. The van der Waals surface area contributed by atoms with Crippen LogP contribution in [-0.2, 0) is 76.5 Å². The van der Waals surface area contributed by atoms with Gasteiger partial charge in [0.05, 0.1) is 24.2 Å². The first kappa shape index (κ1) is 101. The third-order valence-electron chi connectivity index (χ3n) is 20.3. The molecule has 0 aliphatic carbocycles. The molecule has 0 aliphatic heterocycles. The smallest absolute Gasteiger partial charge is 0.410 e. The van der Waals surface area contributed by atoms with E-state index in [0.29, 0.717) is 12.8 Å². The second-order valence-corrected chi connectivity index (χ2v) is 33.9. The number of rotatable bonds is 46. The Morgan fingerprint density at radius 3 is 1.41 bits per heavy atom. The largest absolute Gasteiger partial charge is 0.462 e. The summed E-state index contributed by atoms with van der Waals surface area (Å²) in [5.41, 5.74) is -1.94. The molecule has 0 aromatic rings. The number of carbonyl (C=O) groups excluding carboxylic acids is 14. The lowest BCUT2D eigenvalue weighted by atomic mass is 9.82. The molecule has 0 radical (unpaired) electrons. The van der Waals surface area contributed by atoms with Gasteiger partial charge in [-0.1, -0.05) is 116 Å². The van der Waals surface area contributed by atoms with Gasteiger partial charge in [0.25, 0.3) is 0 Å². The predicted molar refractivity (Wildman–Crippen MR) is 417 cm³/mol. The molecular formula is C81H143N9O18. The van der Waals surface area contributed by atoms with Crippen molar-refractivity contribution in [3.8, 4) is 0 Å². The van der Waals surface area contributed by atoms with E-state index < -0.39 is 184 Å². The van der Waals surface area contributed by atoms with E-state index in [1.54, 1.807) is 117 Å². The minimum absolute atomic E-state index is 0.0614. The Bertz CT molecular complexity index is 3040. The van der Waals surface area contributed by atoms with Crippen molar-refractivity contribution in [3.63, 3.8) is 0 Å². The summed E-state index contributed by atoms with van der Waals surface area (Å²) >= 11 is 0. The number of allylic oxidation sites excluding steroid dienone is 2. The van der Waals surface area contributed by atoms with Crippen LogP contribution in [0.25, 0.3) is 0 Å². The molecule has 0 aliphatic rings. The Balaban J connectivity index is 7.27. The van der Waals surface area contributed by atoms with E-state index in [1.807, 2.05) is 47.6 Å². The average Bonchev–Trinajstić information content (AvgIpc) is 0.800. The summed E-state index contributed by atoms with van der Waals surface area (Å²) < 4.78 is 16.9. The van der Waals surface area contributed by atoms with Crippen LogP contribution in [0.4, 0.5) is 4.79 Å². The van der Waals surface area contributed by atoms with Gasteiger partial charge >= 0.3 is 18.0 Å². The van der Waals surface area contributed by atoms with E-state index in [4.69, 9.17) is 14.2 Å². The highest BCUT2D eigenvalue weighted by Gasteiger charge is 2.47. The predicted octanol–water partition coefficient (Wildman–Crippen LogP) is 9.06. The fourth-order valence-electron chi connectivity index (χ4n) is 13.3. The van der Waals surface area contributed by atoms with E-state index in [-0.39, 0.29) is 88.2 Å². The van der Waals surface area contributed by atoms with Crippen LogP contribution in [0.15, 0.2) is 12.2 Å². The van der Waals surface area contributed by atoms with E-state index in [9.17, 15) is 57.8 Å². The highest BCUT2D eigenvalue weighted by molar-refractivity contribution is 5.99. The van der Waals surface area contributed by atoms with Gasteiger partial charge in [0.15, 0.2) is 11.6 Å². The summed E-state index contributed by atoms with van der Waals surface area (Å²) in [6.45, 7) is 40.8. The Morgan fingerprint density at radius 1 is 0.500 bits per heavy atom.